The average Bonchev–Trinajstić information content (AvgIpc) is 3.07. The highest BCUT2D eigenvalue weighted by Gasteiger charge is 2.40. The Bertz CT molecular complexity index is 1560. The van der Waals surface area contributed by atoms with Crippen molar-refractivity contribution in [2.45, 2.75) is 33.7 Å². The maximum absolute atomic E-state index is 14.1. The van der Waals surface area contributed by atoms with Crippen LogP contribution in [0.2, 0.25) is 0 Å². The number of benzene rings is 3. The van der Waals surface area contributed by atoms with E-state index in [4.69, 9.17) is 10.5 Å². The monoisotopic (exact) mass is 585 g/mol. The zero-order chi connectivity index (χ0) is 31.3. The summed E-state index contributed by atoms with van der Waals surface area (Å²) in [5.74, 6) is -1.81. The van der Waals surface area contributed by atoms with Crippen LogP contribution in [0.4, 0.5) is 27.5 Å². The number of nitrogens with one attached hydrogen (secondary N) is 2. The molecule has 1 unspecified atom stereocenters. The second kappa shape index (κ2) is 12.8. The van der Waals surface area contributed by atoms with Crippen molar-refractivity contribution < 1.29 is 28.7 Å². The predicted octanol–water partition coefficient (Wildman–Crippen LogP) is 4.24. The minimum atomic E-state index is -1.23. The second-order valence-electron chi connectivity index (χ2n) is 11.0. The summed E-state index contributed by atoms with van der Waals surface area (Å²) < 4.78 is 5.02. The fraction of sp³-hybridized carbons (Fsp3) is 0.281. The number of anilines is 4. The number of nitrogens with two attached hydrogens (primary N) is 1. The quantitative estimate of drug-likeness (QED) is 0.213. The maximum atomic E-state index is 14.1. The summed E-state index contributed by atoms with van der Waals surface area (Å²) in [6.45, 7) is 6.61. The number of amides is 4. The summed E-state index contributed by atoms with van der Waals surface area (Å²) in [5, 5.41) is 5.31. The number of esters is 1. The lowest BCUT2D eigenvalue weighted by molar-refractivity contribution is -0.126. The number of rotatable bonds is 7. The molecule has 0 radical (unpaired) electrons. The summed E-state index contributed by atoms with van der Waals surface area (Å²) in [4.78, 5) is 69.2. The molecular weight excluding hydrogens is 550 g/mol. The summed E-state index contributed by atoms with van der Waals surface area (Å²) in [7, 11) is 0. The van der Waals surface area contributed by atoms with E-state index in [0.717, 1.165) is 0 Å². The van der Waals surface area contributed by atoms with Crippen LogP contribution in [-0.4, -0.2) is 55.3 Å². The van der Waals surface area contributed by atoms with E-state index in [1.54, 1.807) is 94.4 Å². The van der Waals surface area contributed by atoms with Crippen LogP contribution in [0, 0.1) is 5.41 Å². The highest BCUT2D eigenvalue weighted by molar-refractivity contribution is 6.14. The molecule has 3 aromatic carbocycles. The summed E-state index contributed by atoms with van der Waals surface area (Å²) in [5.41, 5.74) is 7.05. The van der Waals surface area contributed by atoms with Crippen molar-refractivity contribution in [3.63, 3.8) is 0 Å². The van der Waals surface area contributed by atoms with Gasteiger partial charge in [-0.25, -0.2) is 9.59 Å². The van der Waals surface area contributed by atoms with Gasteiger partial charge in [0.15, 0.2) is 5.78 Å². The van der Waals surface area contributed by atoms with Gasteiger partial charge in [0.05, 0.1) is 36.6 Å². The largest absolute Gasteiger partial charge is 0.462 e. The number of hydrogen-bond donors (Lipinski definition) is 3. The molecule has 4 N–H and O–H groups in total. The molecule has 0 spiro atoms. The SMILES string of the molecule is CCOC(=O)c1cccc(NC(=O)NC2CN(C(=O)C(C)(C)C)c3ccccc3N(CC(=O)c3ccccc3N)C2=O)c1. The molecular formula is C32H35N5O6. The van der Waals surface area contributed by atoms with Crippen molar-refractivity contribution in [1.82, 2.24) is 5.32 Å². The van der Waals surface area contributed by atoms with Crippen LogP contribution in [0.15, 0.2) is 72.8 Å². The molecule has 224 valence electrons. The van der Waals surface area contributed by atoms with Gasteiger partial charge in [-0.3, -0.25) is 14.4 Å². The van der Waals surface area contributed by atoms with Gasteiger partial charge >= 0.3 is 12.0 Å². The van der Waals surface area contributed by atoms with Gasteiger partial charge in [0.2, 0.25) is 5.91 Å². The molecule has 0 aliphatic carbocycles. The second-order valence-corrected chi connectivity index (χ2v) is 11.0. The predicted molar refractivity (Wildman–Crippen MR) is 164 cm³/mol. The first-order chi connectivity index (χ1) is 20.4. The van der Waals surface area contributed by atoms with Crippen molar-refractivity contribution >= 4 is 52.3 Å². The van der Waals surface area contributed by atoms with E-state index in [1.165, 1.54) is 15.9 Å². The highest BCUT2D eigenvalue weighted by Crippen LogP contribution is 2.35. The van der Waals surface area contributed by atoms with Crippen LogP contribution in [0.3, 0.4) is 0 Å². The molecule has 1 aliphatic rings. The summed E-state index contributed by atoms with van der Waals surface area (Å²) in [6, 6.07) is 17.5. The fourth-order valence-corrected chi connectivity index (χ4v) is 4.70. The number of carbonyl (C=O) groups is 5. The first-order valence-electron chi connectivity index (χ1n) is 13.9. The molecule has 3 aromatic rings. The molecule has 0 aromatic heterocycles. The molecule has 1 aliphatic heterocycles. The van der Waals surface area contributed by atoms with E-state index < -0.39 is 35.1 Å². The van der Waals surface area contributed by atoms with E-state index >= 15 is 0 Å². The van der Waals surface area contributed by atoms with Gasteiger partial charge in [0, 0.05) is 22.4 Å². The lowest BCUT2D eigenvalue weighted by Crippen LogP contribution is -2.55. The van der Waals surface area contributed by atoms with E-state index in [-0.39, 0.29) is 42.4 Å². The van der Waals surface area contributed by atoms with Gasteiger partial charge in [-0.1, -0.05) is 51.1 Å². The molecule has 11 nitrogen and oxygen atoms in total. The molecule has 0 saturated carbocycles. The Kier molecular flexibility index (Phi) is 9.13. The van der Waals surface area contributed by atoms with Gasteiger partial charge in [0.1, 0.15) is 6.04 Å². The number of nitrogen functional groups attached to an aromatic ring is 1. The first kappa shape index (κ1) is 30.8. The molecule has 4 amide bonds. The Morgan fingerprint density at radius 3 is 2.30 bits per heavy atom. The van der Waals surface area contributed by atoms with Crippen molar-refractivity contribution in [2.75, 3.05) is 40.5 Å². The van der Waals surface area contributed by atoms with E-state index in [2.05, 4.69) is 10.6 Å². The number of carbonyl (C=O) groups excluding carboxylic acids is 5. The number of ketones is 1. The minimum absolute atomic E-state index is 0.180. The molecule has 4 rings (SSSR count). The fourth-order valence-electron chi connectivity index (χ4n) is 4.70. The maximum Gasteiger partial charge on any atom is 0.338 e. The lowest BCUT2D eigenvalue weighted by Gasteiger charge is -2.30. The van der Waals surface area contributed by atoms with Crippen molar-refractivity contribution in [1.29, 1.82) is 0 Å². The highest BCUT2D eigenvalue weighted by atomic mass is 16.5. The summed E-state index contributed by atoms with van der Waals surface area (Å²) >= 11 is 0. The molecule has 0 bridgehead atoms. The van der Waals surface area contributed by atoms with Crippen LogP contribution in [0.5, 0.6) is 0 Å². The number of para-hydroxylation sites is 3. The van der Waals surface area contributed by atoms with E-state index in [9.17, 15) is 24.0 Å². The molecule has 11 heteroatoms. The number of urea groups is 1. The molecule has 0 saturated heterocycles. The van der Waals surface area contributed by atoms with Gasteiger partial charge in [0.25, 0.3) is 5.91 Å². The van der Waals surface area contributed by atoms with Gasteiger partial charge in [-0.05, 0) is 49.4 Å². The number of ether oxygens (including phenoxy) is 1. The van der Waals surface area contributed by atoms with Crippen LogP contribution in [0.25, 0.3) is 0 Å². The normalized spacial score (nSPS) is 14.8. The van der Waals surface area contributed by atoms with Crippen LogP contribution in [-0.2, 0) is 14.3 Å². The van der Waals surface area contributed by atoms with Crippen LogP contribution in [0.1, 0.15) is 48.4 Å². The molecule has 1 atom stereocenters. The van der Waals surface area contributed by atoms with Crippen LogP contribution < -0.4 is 26.2 Å². The zero-order valence-electron chi connectivity index (χ0n) is 24.5. The van der Waals surface area contributed by atoms with Crippen molar-refractivity contribution in [3.05, 3.63) is 83.9 Å². The average molecular weight is 586 g/mol. The number of fused-ring (bicyclic) bond motifs is 1. The van der Waals surface area contributed by atoms with Crippen LogP contribution >= 0.6 is 0 Å². The zero-order valence-corrected chi connectivity index (χ0v) is 24.5. The third-order valence-electron chi connectivity index (χ3n) is 6.78. The standard InChI is InChI=1S/C32H35N5O6/c1-5-43-29(40)20-11-10-12-21(17-20)34-31(42)35-24-18-37(30(41)32(2,3)4)26-16-9-8-15-25(26)36(28(24)39)19-27(38)22-13-6-7-14-23(22)33/h6-17,24H,5,18-19,33H2,1-4H3,(H2,34,35,42). The topological polar surface area (TPSA) is 151 Å². The Morgan fingerprint density at radius 2 is 1.63 bits per heavy atom. The Morgan fingerprint density at radius 1 is 0.953 bits per heavy atom. The number of nitrogens with zero attached hydrogens (tertiary/aromatic N) is 2. The van der Waals surface area contributed by atoms with Gasteiger partial charge < -0.3 is 30.9 Å². The Hall–Kier alpha value is -5.19. The van der Waals surface area contributed by atoms with Gasteiger partial charge in [-0.15, -0.1) is 0 Å². The van der Waals surface area contributed by atoms with Gasteiger partial charge in [-0.2, -0.15) is 0 Å². The minimum Gasteiger partial charge on any atom is -0.462 e. The van der Waals surface area contributed by atoms with Crippen molar-refractivity contribution in [3.8, 4) is 0 Å². The van der Waals surface area contributed by atoms with Crippen molar-refractivity contribution in [2.24, 2.45) is 5.41 Å². The molecule has 43 heavy (non-hydrogen) atoms. The van der Waals surface area contributed by atoms with E-state index in [1.807, 2.05) is 0 Å². The Balaban J connectivity index is 1.68. The molecule has 0 fully saturated rings. The summed E-state index contributed by atoms with van der Waals surface area (Å²) in [6.07, 6.45) is 0. The molecule has 1 heterocycles. The third-order valence-corrected chi connectivity index (χ3v) is 6.78. The smallest absolute Gasteiger partial charge is 0.338 e. The van der Waals surface area contributed by atoms with E-state index in [0.29, 0.717) is 17.1 Å². The number of Topliss-reactive ketones (excluding diaryl/α,β-unsaturated/α-hetero) is 1. The Labute approximate surface area is 250 Å². The first-order valence-corrected chi connectivity index (χ1v) is 13.9. The lowest BCUT2D eigenvalue weighted by atomic mass is 9.94. The third kappa shape index (κ3) is 7.00. The number of hydrogen-bond acceptors (Lipinski definition) is 7.